The maximum absolute atomic E-state index is 4.13. The molecule has 1 saturated heterocycles. The van der Waals surface area contributed by atoms with Gasteiger partial charge in [-0.2, -0.15) is 0 Å². The highest BCUT2D eigenvalue weighted by molar-refractivity contribution is 5.34. The molecule has 0 aromatic carbocycles. The Morgan fingerprint density at radius 2 is 2.08 bits per heavy atom. The van der Waals surface area contributed by atoms with Crippen LogP contribution in [0.15, 0.2) is 36.2 Å². The predicted octanol–water partition coefficient (Wildman–Crippen LogP) is 2.45. The Morgan fingerprint density at radius 3 is 2.77 bits per heavy atom. The minimum absolute atomic E-state index is 0.696. The molecule has 1 heterocycles. The van der Waals surface area contributed by atoms with Gasteiger partial charge in [0.2, 0.25) is 0 Å². The second-order valence-corrected chi connectivity index (χ2v) is 4.39. The van der Waals surface area contributed by atoms with Crippen molar-refractivity contribution >= 4 is 0 Å². The van der Waals surface area contributed by atoms with Crippen molar-refractivity contribution < 1.29 is 0 Å². The lowest BCUT2D eigenvalue weighted by Crippen LogP contribution is -2.14. The van der Waals surface area contributed by atoms with Gasteiger partial charge in [0, 0.05) is 23.2 Å². The van der Waals surface area contributed by atoms with Crippen LogP contribution >= 0.6 is 0 Å². The van der Waals surface area contributed by atoms with Crippen LogP contribution in [-0.2, 0) is 0 Å². The summed E-state index contributed by atoms with van der Waals surface area (Å²) >= 11 is 0. The van der Waals surface area contributed by atoms with Gasteiger partial charge in [-0.3, -0.25) is 0 Å². The van der Waals surface area contributed by atoms with Crippen molar-refractivity contribution in [2.45, 2.75) is 13.3 Å². The Balaban J connectivity index is 2.06. The second-order valence-electron chi connectivity index (χ2n) is 4.39. The van der Waals surface area contributed by atoms with E-state index in [9.17, 15) is 0 Å². The third-order valence-electron chi connectivity index (χ3n) is 3.84. The van der Waals surface area contributed by atoms with Gasteiger partial charge in [-0.25, -0.2) is 0 Å². The van der Waals surface area contributed by atoms with Gasteiger partial charge in [0.15, 0.2) is 0 Å². The Hall–Kier alpha value is -0.980. The zero-order valence-electron chi connectivity index (χ0n) is 7.96. The second kappa shape index (κ2) is 2.28. The van der Waals surface area contributed by atoms with E-state index in [-0.39, 0.29) is 0 Å². The van der Waals surface area contributed by atoms with Gasteiger partial charge >= 0.3 is 0 Å². The van der Waals surface area contributed by atoms with Gasteiger partial charge in [-0.15, -0.1) is 0 Å². The molecule has 1 nitrogen and oxygen atoms in total. The lowest BCUT2D eigenvalue weighted by Gasteiger charge is -2.19. The zero-order valence-corrected chi connectivity index (χ0v) is 7.96. The summed E-state index contributed by atoms with van der Waals surface area (Å²) < 4.78 is 0. The van der Waals surface area contributed by atoms with E-state index in [0.717, 1.165) is 17.8 Å². The van der Waals surface area contributed by atoms with Crippen LogP contribution in [0.2, 0.25) is 0 Å². The van der Waals surface area contributed by atoms with Crippen molar-refractivity contribution in [2.75, 3.05) is 0 Å². The zero-order chi connectivity index (χ0) is 9.00. The van der Waals surface area contributed by atoms with E-state index in [1.807, 2.05) is 0 Å². The molecule has 13 heavy (non-hydrogen) atoms. The maximum Gasteiger partial charge on any atom is 0.0149 e. The number of hydrogen-bond acceptors (Lipinski definition) is 1. The van der Waals surface area contributed by atoms with E-state index in [1.54, 1.807) is 0 Å². The van der Waals surface area contributed by atoms with Gasteiger partial charge in [0.1, 0.15) is 0 Å². The molecule has 1 saturated carbocycles. The summed E-state index contributed by atoms with van der Waals surface area (Å²) in [5, 5.41) is 3.43. The van der Waals surface area contributed by atoms with E-state index < -0.39 is 0 Å². The average Bonchev–Trinajstić information content (AvgIpc) is 2.76. The van der Waals surface area contributed by atoms with Gasteiger partial charge in [0.05, 0.1) is 0 Å². The fourth-order valence-electron chi connectivity index (χ4n) is 3.34. The molecule has 4 unspecified atom stereocenters. The third kappa shape index (κ3) is 0.775. The molecule has 3 aliphatic rings. The van der Waals surface area contributed by atoms with Crippen LogP contribution in [-0.4, -0.2) is 0 Å². The standard InChI is InChI=1S/C12H15N/c1-3-10-12-9-5-4-8(6-9)11(12)7(2)13-10/h3-5,8-9,11-13H,2,6H2,1H3/b10-3-. The fourth-order valence-corrected chi connectivity index (χ4v) is 3.34. The molecule has 2 aliphatic carbocycles. The number of nitrogens with one attached hydrogen (secondary N) is 1. The van der Waals surface area contributed by atoms with Crippen LogP contribution in [0.5, 0.6) is 0 Å². The molecule has 4 atom stereocenters. The molecule has 1 N–H and O–H groups in total. The molecule has 1 heteroatoms. The van der Waals surface area contributed by atoms with Crippen molar-refractivity contribution in [2.24, 2.45) is 23.7 Å². The minimum atomic E-state index is 0.696. The van der Waals surface area contributed by atoms with Crippen molar-refractivity contribution in [1.82, 2.24) is 5.32 Å². The summed E-state index contributed by atoms with van der Waals surface area (Å²) in [5.74, 6) is 2.98. The Labute approximate surface area is 79.2 Å². The Bertz CT molecular complexity index is 324. The maximum atomic E-state index is 4.13. The molecule has 0 radical (unpaired) electrons. The minimum Gasteiger partial charge on any atom is -0.362 e. The summed E-state index contributed by atoms with van der Waals surface area (Å²) in [5.41, 5.74) is 2.65. The highest BCUT2D eigenvalue weighted by atomic mass is 15.0. The number of fused-ring (bicyclic) bond motifs is 5. The van der Waals surface area contributed by atoms with Gasteiger partial charge in [-0.05, 0) is 25.2 Å². The van der Waals surface area contributed by atoms with Crippen LogP contribution in [0, 0.1) is 23.7 Å². The topological polar surface area (TPSA) is 12.0 Å². The predicted molar refractivity (Wildman–Crippen MR) is 53.7 cm³/mol. The molecular formula is C12H15N. The van der Waals surface area contributed by atoms with Gasteiger partial charge in [0.25, 0.3) is 0 Å². The lowest BCUT2D eigenvalue weighted by atomic mass is 9.83. The average molecular weight is 173 g/mol. The Kier molecular flexibility index (Phi) is 1.30. The van der Waals surface area contributed by atoms with Crippen molar-refractivity contribution in [1.29, 1.82) is 0 Å². The highest BCUT2D eigenvalue weighted by Crippen LogP contribution is 2.55. The van der Waals surface area contributed by atoms with E-state index in [2.05, 4.69) is 37.0 Å². The van der Waals surface area contributed by atoms with E-state index in [4.69, 9.17) is 0 Å². The number of allylic oxidation sites excluding steroid dienone is 5. The molecule has 0 aromatic rings. The normalized spacial score (nSPS) is 48.7. The van der Waals surface area contributed by atoms with Gasteiger partial charge < -0.3 is 5.32 Å². The number of rotatable bonds is 0. The molecule has 2 bridgehead atoms. The van der Waals surface area contributed by atoms with Crippen molar-refractivity contribution in [3.8, 4) is 0 Å². The van der Waals surface area contributed by atoms with Crippen LogP contribution < -0.4 is 5.32 Å². The van der Waals surface area contributed by atoms with Crippen molar-refractivity contribution in [3.63, 3.8) is 0 Å². The third-order valence-corrected chi connectivity index (χ3v) is 3.84. The first kappa shape index (κ1) is 7.43. The molecule has 0 spiro atoms. The highest BCUT2D eigenvalue weighted by Gasteiger charge is 2.50. The van der Waals surface area contributed by atoms with E-state index in [1.165, 1.54) is 17.8 Å². The van der Waals surface area contributed by atoms with E-state index >= 15 is 0 Å². The first-order valence-electron chi connectivity index (χ1n) is 5.11. The van der Waals surface area contributed by atoms with Crippen LogP contribution in [0.1, 0.15) is 13.3 Å². The molecule has 0 amide bonds. The largest absolute Gasteiger partial charge is 0.362 e. The summed E-state index contributed by atoms with van der Waals surface area (Å²) in [6.07, 6.45) is 8.35. The van der Waals surface area contributed by atoms with Crippen LogP contribution in [0.25, 0.3) is 0 Å². The molecule has 2 fully saturated rings. The number of hydrogen-bond donors (Lipinski definition) is 1. The monoisotopic (exact) mass is 173 g/mol. The lowest BCUT2D eigenvalue weighted by molar-refractivity contribution is 0.448. The van der Waals surface area contributed by atoms with Gasteiger partial charge in [-0.1, -0.05) is 24.8 Å². The van der Waals surface area contributed by atoms with Crippen LogP contribution in [0.4, 0.5) is 0 Å². The van der Waals surface area contributed by atoms with E-state index in [0.29, 0.717) is 5.92 Å². The molecule has 1 aliphatic heterocycles. The first-order chi connectivity index (χ1) is 6.31. The van der Waals surface area contributed by atoms with Crippen molar-refractivity contribution in [3.05, 3.63) is 36.2 Å². The molecule has 3 rings (SSSR count). The summed E-state index contributed by atoms with van der Waals surface area (Å²) in [6, 6.07) is 0. The molecule has 0 aromatic heterocycles. The fraction of sp³-hybridized carbons (Fsp3) is 0.500. The summed E-state index contributed by atoms with van der Waals surface area (Å²) in [6.45, 7) is 6.25. The molecule has 68 valence electrons. The first-order valence-corrected chi connectivity index (χ1v) is 5.11. The quantitative estimate of drug-likeness (QED) is 0.555. The summed E-state index contributed by atoms with van der Waals surface area (Å²) in [7, 11) is 0. The Morgan fingerprint density at radius 1 is 1.38 bits per heavy atom. The smallest absolute Gasteiger partial charge is 0.0149 e. The SMILES string of the molecule is C=C1N/C(=C\C)C2C3C=CC(C3)C12. The molecular weight excluding hydrogens is 158 g/mol. The van der Waals surface area contributed by atoms with Crippen LogP contribution in [0.3, 0.4) is 0 Å². The summed E-state index contributed by atoms with van der Waals surface area (Å²) in [4.78, 5) is 0.